The van der Waals surface area contributed by atoms with Gasteiger partial charge in [-0.25, -0.2) is 4.98 Å². The second-order valence-corrected chi connectivity index (χ2v) is 8.57. The van der Waals surface area contributed by atoms with Crippen LogP contribution in [-0.2, 0) is 6.42 Å². The van der Waals surface area contributed by atoms with Crippen LogP contribution in [0.5, 0.6) is 0 Å². The summed E-state index contributed by atoms with van der Waals surface area (Å²) in [5.74, 6) is 2.13. The lowest BCUT2D eigenvalue weighted by Crippen LogP contribution is -2.46. The Kier molecular flexibility index (Phi) is 9.21. The van der Waals surface area contributed by atoms with Gasteiger partial charge in [-0.15, -0.1) is 24.0 Å². The van der Waals surface area contributed by atoms with Gasteiger partial charge in [-0.1, -0.05) is 19.4 Å². The lowest BCUT2D eigenvalue weighted by Gasteiger charge is -2.30. The van der Waals surface area contributed by atoms with Crippen molar-refractivity contribution in [1.82, 2.24) is 20.0 Å². The van der Waals surface area contributed by atoms with Gasteiger partial charge >= 0.3 is 0 Å². The molecule has 27 heavy (non-hydrogen) atoms. The number of guanidine groups is 1. The fourth-order valence-electron chi connectivity index (χ4n) is 3.68. The first kappa shape index (κ1) is 22.3. The largest absolute Gasteiger partial charge is 0.356 e. The second-order valence-electron chi connectivity index (χ2n) is 6.99. The van der Waals surface area contributed by atoms with E-state index in [0.29, 0.717) is 6.04 Å². The zero-order chi connectivity index (χ0) is 18.4. The molecule has 1 aliphatic carbocycles. The molecule has 0 amide bonds. The molecule has 2 aromatic rings. The van der Waals surface area contributed by atoms with Gasteiger partial charge in [0, 0.05) is 43.7 Å². The van der Waals surface area contributed by atoms with Crippen LogP contribution in [0.1, 0.15) is 43.9 Å². The molecular formula is C20H32IN5S. The highest BCUT2D eigenvalue weighted by atomic mass is 127. The van der Waals surface area contributed by atoms with Crippen LogP contribution in [0.2, 0.25) is 0 Å². The molecule has 1 aliphatic rings. The smallest absolute Gasteiger partial charge is 0.191 e. The average molecular weight is 501 g/mol. The van der Waals surface area contributed by atoms with Crippen molar-refractivity contribution in [2.24, 2.45) is 4.99 Å². The predicted octanol–water partition coefficient (Wildman–Crippen LogP) is 4.03. The number of pyridine rings is 1. The molecule has 150 valence electrons. The second kappa shape index (κ2) is 11.1. The number of rotatable bonds is 6. The molecule has 1 fully saturated rings. The van der Waals surface area contributed by atoms with Crippen molar-refractivity contribution in [2.45, 2.75) is 57.2 Å². The Morgan fingerprint density at radius 1 is 1.41 bits per heavy atom. The average Bonchev–Trinajstić information content (AvgIpc) is 3.06. The summed E-state index contributed by atoms with van der Waals surface area (Å²) in [6, 6.07) is 4.70. The molecule has 2 aromatic heterocycles. The summed E-state index contributed by atoms with van der Waals surface area (Å²) in [6.07, 6.45) is 10.2. The third-order valence-corrected chi connectivity index (χ3v) is 6.23. The first-order valence-corrected chi connectivity index (χ1v) is 10.8. The molecule has 2 N–H and O–H groups in total. The van der Waals surface area contributed by atoms with Crippen molar-refractivity contribution in [3.63, 3.8) is 0 Å². The zero-order valence-electron chi connectivity index (χ0n) is 16.6. The van der Waals surface area contributed by atoms with E-state index in [1.54, 1.807) is 0 Å². The lowest BCUT2D eigenvalue weighted by atomic mass is 9.95. The van der Waals surface area contributed by atoms with Crippen LogP contribution in [0.4, 0.5) is 0 Å². The Bertz CT molecular complexity index is 743. The van der Waals surface area contributed by atoms with Crippen molar-refractivity contribution in [1.29, 1.82) is 0 Å². The van der Waals surface area contributed by atoms with Gasteiger partial charge in [-0.3, -0.25) is 4.99 Å². The summed E-state index contributed by atoms with van der Waals surface area (Å²) in [4.78, 5) is 9.14. The molecule has 7 heteroatoms. The number of hydrogen-bond donors (Lipinski definition) is 2. The Morgan fingerprint density at radius 2 is 2.26 bits per heavy atom. The molecule has 0 bridgehead atoms. The maximum Gasteiger partial charge on any atom is 0.191 e. The summed E-state index contributed by atoms with van der Waals surface area (Å²) < 4.78 is 2.10. The number of imidazole rings is 1. The van der Waals surface area contributed by atoms with E-state index in [1.165, 1.54) is 37.0 Å². The van der Waals surface area contributed by atoms with Crippen molar-refractivity contribution in [3.05, 3.63) is 35.8 Å². The number of hydrogen-bond acceptors (Lipinski definition) is 3. The van der Waals surface area contributed by atoms with E-state index in [0.717, 1.165) is 35.5 Å². The van der Waals surface area contributed by atoms with Crippen LogP contribution in [-0.4, -0.2) is 46.0 Å². The number of nitrogens with zero attached hydrogens (tertiary/aromatic N) is 3. The van der Waals surface area contributed by atoms with Crippen LogP contribution in [0.3, 0.4) is 0 Å². The number of thioether (sulfide) groups is 1. The minimum atomic E-state index is 0. The number of aromatic nitrogens is 2. The van der Waals surface area contributed by atoms with Crippen LogP contribution in [0, 0.1) is 6.92 Å². The van der Waals surface area contributed by atoms with Gasteiger partial charge < -0.3 is 15.0 Å². The molecule has 2 atom stereocenters. The highest BCUT2D eigenvalue weighted by molar-refractivity contribution is 14.0. The molecule has 0 spiro atoms. The summed E-state index contributed by atoms with van der Waals surface area (Å²) in [7, 11) is 1.85. The number of aryl methyl sites for hydroxylation is 1. The molecule has 0 saturated heterocycles. The summed E-state index contributed by atoms with van der Waals surface area (Å²) in [6.45, 7) is 5.19. The molecule has 5 nitrogen and oxygen atoms in total. The van der Waals surface area contributed by atoms with Crippen molar-refractivity contribution in [3.8, 4) is 0 Å². The third-order valence-electron chi connectivity index (χ3n) is 4.99. The molecule has 2 heterocycles. The maximum absolute atomic E-state index is 4.74. The minimum absolute atomic E-state index is 0. The predicted molar refractivity (Wildman–Crippen MR) is 128 cm³/mol. The fraction of sp³-hybridized carbons (Fsp3) is 0.600. The minimum Gasteiger partial charge on any atom is -0.356 e. The van der Waals surface area contributed by atoms with Gasteiger partial charge in [0.1, 0.15) is 5.65 Å². The normalized spacial score (nSPS) is 20.3. The summed E-state index contributed by atoms with van der Waals surface area (Å²) in [5.41, 5.74) is 3.37. The molecule has 3 rings (SSSR count). The van der Waals surface area contributed by atoms with Crippen molar-refractivity contribution in [2.75, 3.05) is 19.3 Å². The van der Waals surface area contributed by atoms with Gasteiger partial charge in [-0.2, -0.15) is 11.8 Å². The highest BCUT2D eigenvalue weighted by Gasteiger charge is 2.22. The lowest BCUT2D eigenvalue weighted by molar-refractivity contribution is 0.419. The van der Waals surface area contributed by atoms with Crippen LogP contribution in [0.15, 0.2) is 29.5 Å². The molecule has 1 saturated carbocycles. The van der Waals surface area contributed by atoms with Crippen molar-refractivity contribution < 1.29 is 0 Å². The van der Waals surface area contributed by atoms with E-state index in [1.807, 2.05) is 7.05 Å². The number of nitrogens with one attached hydrogen (secondary N) is 2. The topological polar surface area (TPSA) is 53.7 Å². The van der Waals surface area contributed by atoms with E-state index < -0.39 is 0 Å². The Hall–Kier alpha value is -0.960. The number of fused-ring (bicyclic) bond motifs is 1. The van der Waals surface area contributed by atoms with Crippen molar-refractivity contribution >= 4 is 47.3 Å². The van der Waals surface area contributed by atoms with Crippen LogP contribution >= 0.6 is 35.7 Å². The quantitative estimate of drug-likeness (QED) is 0.357. The number of aliphatic imine (C=N–C) groups is 1. The molecule has 0 aliphatic heterocycles. The van der Waals surface area contributed by atoms with E-state index in [2.05, 4.69) is 70.2 Å². The molecule has 0 aromatic carbocycles. The summed E-state index contributed by atoms with van der Waals surface area (Å²) in [5, 5.41) is 7.87. The first-order valence-electron chi connectivity index (χ1n) is 9.71. The Labute approximate surface area is 184 Å². The van der Waals surface area contributed by atoms with E-state index in [9.17, 15) is 0 Å². The van der Waals surface area contributed by atoms with Crippen LogP contribution in [0.25, 0.3) is 5.65 Å². The summed E-state index contributed by atoms with van der Waals surface area (Å²) >= 11 is 2.10. The monoisotopic (exact) mass is 501 g/mol. The van der Waals surface area contributed by atoms with Gasteiger partial charge in [0.2, 0.25) is 0 Å². The van der Waals surface area contributed by atoms with Gasteiger partial charge in [0.05, 0.1) is 5.69 Å². The Morgan fingerprint density at radius 3 is 3.00 bits per heavy atom. The highest BCUT2D eigenvalue weighted by Crippen LogP contribution is 2.28. The SMILES string of the molecule is CCSC1CCCC(NC(=NC)NCCc2cn3cccc(C)c3n2)C1.I. The standard InChI is InChI=1S/C20H31N5S.HI/c1-4-26-18-9-5-8-16(13-18)24-20(21-3)22-11-10-17-14-25-12-6-7-15(2)19(25)23-17;/h6-7,12,14,16,18H,4-5,8-11,13H2,1-3H3,(H2,21,22,24);1H. The number of halogens is 1. The van der Waals surface area contributed by atoms with Gasteiger partial charge in [0.15, 0.2) is 5.96 Å². The molecule has 0 radical (unpaired) electrons. The van der Waals surface area contributed by atoms with Crippen LogP contribution < -0.4 is 10.6 Å². The van der Waals surface area contributed by atoms with Gasteiger partial charge in [-0.05, 0) is 43.6 Å². The maximum atomic E-state index is 4.74. The molecule has 2 unspecified atom stereocenters. The van der Waals surface area contributed by atoms with E-state index in [4.69, 9.17) is 4.98 Å². The fourth-order valence-corrected chi connectivity index (χ4v) is 4.86. The Balaban J connectivity index is 0.00000261. The first-order chi connectivity index (χ1) is 12.7. The van der Waals surface area contributed by atoms with Gasteiger partial charge in [0.25, 0.3) is 0 Å². The molecular weight excluding hydrogens is 469 g/mol. The van der Waals surface area contributed by atoms with E-state index >= 15 is 0 Å². The third kappa shape index (κ3) is 6.27. The van der Waals surface area contributed by atoms with E-state index in [-0.39, 0.29) is 24.0 Å². The zero-order valence-corrected chi connectivity index (χ0v) is 19.7.